The highest BCUT2D eigenvalue weighted by atomic mass is 35.5. The molecule has 6 nitrogen and oxygen atoms in total. The number of halogens is 8. The first-order valence-corrected chi connectivity index (χ1v) is 10.4. The second-order valence-electron chi connectivity index (χ2n) is 7.41. The van der Waals surface area contributed by atoms with Crippen molar-refractivity contribution in [2.75, 3.05) is 5.01 Å². The summed E-state index contributed by atoms with van der Waals surface area (Å²) >= 11 is 5.90. The number of pyridine rings is 1. The number of imidazole rings is 1. The molecule has 0 aliphatic rings. The molecule has 2 heterocycles. The van der Waals surface area contributed by atoms with E-state index in [4.69, 9.17) is 17.4 Å². The summed E-state index contributed by atoms with van der Waals surface area (Å²) in [6.45, 7) is 0. The zero-order valence-electron chi connectivity index (χ0n) is 18.3. The minimum Gasteiger partial charge on any atom is -0.299 e. The molecule has 4 rings (SSSR count). The Balaban J connectivity index is 0.00000380. The van der Waals surface area contributed by atoms with Crippen LogP contribution in [0, 0.1) is 0 Å². The lowest BCUT2D eigenvalue weighted by Gasteiger charge is -2.20. The third-order valence-corrected chi connectivity index (χ3v) is 5.34. The van der Waals surface area contributed by atoms with Gasteiger partial charge in [-0.2, -0.15) is 26.3 Å². The summed E-state index contributed by atoms with van der Waals surface area (Å²) in [7, 11) is 0. The Morgan fingerprint density at radius 2 is 1.54 bits per heavy atom. The van der Waals surface area contributed by atoms with Crippen molar-refractivity contribution in [1.82, 2.24) is 14.5 Å². The Bertz CT molecular complexity index is 1420. The van der Waals surface area contributed by atoms with Crippen LogP contribution in [0.3, 0.4) is 0 Å². The lowest BCUT2D eigenvalue weighted by Crippen LogP contribution is -2.39. The molecule has 0 spiro atoms. The van der Waals surface area contributed by atoms with Gasteiger partial charge in [0.25, 0.3) is 5.91 Å². The number of nitrogens with two attached hydrogens (primary N) is 1. The maximum Gasteiger partial charge on any atom is 0.418 e. The molecule has 0 aliphatic heterocycles. The van der Waals surface area contributed by atoms with Gasteiger partial charge in [0.2, 0.25) is 0 Å². The van der Waals surface area contributed by atoms with Gasteiger partial charge in [-0.25, -0.2) is 15.8 Å². The average molecular weight is 562 g/mol. The van der Waals surface area contributed by atoms with Crippen LogP contribution >= 0.6 is 24.0 Å². The van der Waals surface area contributed by atoms with Crippen molar-refractivity contribution < 1.29 is 31.1 Å². The van der Waals surface area contributed by atoms with E-state index in [1.54, 1.807) is 0 Å². The standard InChI is InChI=1S/C23H14ClF6N5O.ClH/c24-13-5-7-14(8-6-13)34-12-18(33-20(34)15-11-32-10-9-16(15)22(25,26)27)21(36)35(31)19-4-2-1-3-17(19)23(28,29)30;/h1-12H,31H2;1H. The Morgan fingerprint density at radius 1 is 0.919 bits per heavy atom. The monoisotopic (exact) mass is 561 g/mol. The number of anilines is 1. The van der Waals surface area contributed by atoms with Crippen LogP contribution in [0.2, 0.25) is 5.02 Å². The number of rotatable bonds is 4. The molecule has 0 aliphatic carbocycles. The molecule has 0 radical (unpaired) electrons. The summed E-state index contributed by atoms with van der Waals surface area (Å²) < 4.78 is 82.6. The first kappa shape index (κ1) is 28.0. The average Bonchev–Trinajstić information content (AvgIpc) is 3.28. The fourth-order valence-electron chi connectivity index (χ4n) is 3.45. The third-order valence-electron chi connectivity index (χ3n) is 5.09. The number of para-hydroxylation sites is 1. The summed E-state index contributed by atoms with van der Waals surface area (Å²) in [5, 5.41) is 0.584. The second kappa shape index (κ2) is 10.4. The molecule has 0 saturated carbocycles. The van der Waals surface area contributed by atoms with Crippen LogP contribution in [0.15, 0.2) is 73.2 Å². The Labute approximate surface area is 216 Å². The lowest BCUT2D eigenvalue weighted by molar-refractivity contribution is -0.138. The number of carbonyl (C=O) groups is 1. The fourth-order valence-corrected chi connectivity index (χ4v) is 3.57. The van der Waals surface area contributed by atoms with Gasteiger partial charge in [0, 0.05) is 34.9 Å². The summed E-state index contributed by atoms with van der Waals surface area (Å²) in [6.07, 6.45) is -6.66. The van der Waals surface area contributed by atoms with E-state index in [1.807, 2.05) is 0 Å². The Morgan fingerprint density at radius 3 is 2.16 bits per heavy atom. The van der Waals surface area contributed by atoms with Crippen LogP contribution in [-0.2, 0) is 12.4 Å². The van der Waals surface area contributed by atoms with Gasteiger partial charge in [-0.05, 0) is 42.5 Å². The minimum atomic E-state index is -4.82. The van der Waals surface area contributed by atoms with Crippen LogP contribution in [-0.4, -0.2) is 20.4 Å². The Hall–Kier alpha value is -3.61. The SMILES string of the molecule is Cl.NN(C(=O)c1cn(-c2ccc(Cl)cc2)c(-c2cnccc2C(F)(F)F)n1)c1ccccc1C(F)(F)F. The molecule has 0 saturated heterocycles. The molecule has 0 bridgehead atoms. The normalized spacial score (nSPS) is 11.7. The molecule has 2 N–H and O–H groups in total. The number of hydrogen-bond donors (Lipinski definition) is 1. The fraction of sp³-hybridized carbons (Fsp3) is 0.0870. The van der Waals surface area contributed by atoms with E-state index in [2.05, 4.69) is 9.97 Å². The summed E-state index contributed by atoms with van der Waals surface area (Å²) in [6, 6.07) is 10.7. The predicted molar refractivity (Wildman–Crippen MR) is 126 cm³/mol. The van der Waals surface area contributed by atoms with Gasteiger partial charge in [-0.3, -0.25) is 14.3 Å². The number of amides is 1. The number of aromatic nitrogens is 3. The van der Waals surface area contributed by atoms with E-state index in [9.17, 15) is 31.1 Å². The molecule has 14 heteroatoms. The van der Waals surface area contributed by atoms with Gasteiger partial charge < -0.3 is 0 Å². The van der Waals surface area contributed by atoms with Crippen LogP contribution in [0.4, 0.5) is 32.0 Å². The van der Waals surface area contributed by atoms with Crippen LogP contribution in [0.1, 0.15) is 21.6 Å². The van der Waals surface area contributed by atoms with Gasteiger partial charge in [0.1, 0.15) is 11.5 Å². The third kappa shape index (κ3) is 5.71. The van der Waals surface area contributed by atoms with Crippen LogP contribution in [0.5, 0.6) is 0 Å². The molecular formula is C23H15Cl2F6N5O. The highest BCUT2D eigenvalue weighted by molar-refractivity contribution is 6.30. The molecule has 0 atom stereocenters. The molecular weight excluding hydrogens is 547 g/mol. The van der Waals surface area contributed by atoms with E-state index in [0.29, 0.717) is 5.02 Å². The molecule has 2 aromatic heterocycles. The smallest absolute Gasteiger partial charge is 0.299 e. The summed E-state index contributed by atoms with van der Waals surface area (Å²) in [5.41, 5.74) is -3.60. The van der Waals surface area contributed by atoms with E-state index < -0.39 is 46.3 Å². The van der Waals surface area contributed by atoms with E-state index in [-0.39, 0.29) is 28.9 Å². The van der Waals surface area contributed by atoms with Gasteiger partial charge in [0.15, 0.2) is 0 Å². The van der Waals surface area contributed by atoms with Crippen LogP contribution in [0.25, 0.3) is 17.1 Å². The van der Waals surface area contributed by atoms with E-state index in [0.717, 1.165) is 42.9 Å². The first-order valence-electron chi connectivity index (χ1n) is 10.00. The minimum absolute atomic E-state index is 0. The van der Waals surface area contributed by atoms with Crippen molar-refractivity contribution in [2.24, 2.45) is 5.84 Å². The molecule has 0 unspecified atom stereocenters. The number of carbonyl (C=O) groups excluding carboxylic acids is 1. The molecule has 194 valence electrons. The number of alkyl halides is 6. The molecule has 37 heavy (non-hydrogen) atoms. The Kier molecular flexibility index (Phi) is 7.86. The van der Waals surface area contributed by atoms with Crippen molar-refractivity contribution in [2.45, 2.75) is 12.4 Å². The number of benzene rings is 2. The van der Waals surface area contributed by atoms with Crippen molar-refractivity contribution in [3.8, 4) is 17.1 Å². The van der Waals surface area contributed by atoms with Crippen LogP contribution < -0.4 is 10.9 Å². The van der Waals surface area contributed by atoms with Gasteiger partial charge >= 0.3 is 12.4 Å². The number of hydrazine groups is 1. The lowest BCUT2D eigenvalue weighted by atomic mass is 10.1. The zero-order chi connectivity index (χ0) is 26.3. The van der Waals surface area contributed by atoms with Gasteiger partial charge in [0.05, 0.1) is 16.8 Å². The highest BCUT2D eigenvalue weighted by Crippen LogP contribution is 2.38. The van der Waals surface area contributed by atoms with Gasteiger partial charge in [-0.1, -0.05) is 23.7 Å². The number of nitrogens with zero attached hydrogens (tertiary/aromatic N) is 4. The maximum absolute atomic E-state index is 13.7. The summed E-state index contributed by atoms with van der Waals surface area (Å²) in [4.78, 5) is 20.9. The predicted octanol–water partition coefficient (Wildman–Crippen LogP) is 6.57. The van der Waals surface area contributed by atoms with Crippen molar-refractivity contribution >= 4 is 35.6 Å². The van der Waals surface area contributed by atoms with Gasteiger partial charge in [-0.15, -0.1) is 12.4 Å². The zero-order valence-corrected chi connectivity index (χ0v) is 19.8. The van der Waals surface area contributed by atoms with Crippen molar-refractivity contribution in [1.29, 1.82) is 0 Å². The van der Waals surface area contributed by atoms with E-state index >= 15 is 0 Å². The molecule has 1 amide bonds. The first-order chi connectivity index (χ1) is 16.9. The maximum atomic E-state index is 13.7. The quantitative estimate of drug-likeness (QED) is 0.132. The molecule has 4 aromatic rings. The number of hydrogen-bond acceptors (Lipinski definition) is 4. The summed E-state index contributed by atoms with van der Waals surface area (Å²) in [5.74, 6) is 4.23. The van der Waals surface area contributed by atoms with E-state index in [1.165, 1.54) is 34.9 Å². The second-order valence-corrected chi connectivity index (χ2v) is 7.84. The van der Waals surface area contributed by atoms with Crippen molar-refractivity contribution in [3.63, 3.8) is 0 Å². The highest BCUT2D eigenvalue weighted by Gasteiger charge is 2.37. The molecule has 2 aromatic carbocycles. The molecule has 0 fully saturated rings. The topological polar surface area (TPSA) is 77.0 Å². The largest absolute Gasteiger partial charge is 0.418 e. The van der Waals surface area contributed by atoms with Crippen molar-refractivity contribution in [3.05, 3.63) is 95.0 Å².